The summed E-state index contributed by atoms with van der Waals surface area (Å²) in [5.41, 5.74) is -2.41. The Kier molecular flexibility index (Phi) is 9.93. The highest BCUT2D eigenvalue weighted by molar-refractivity contribution is 5.66. The number of carbonyl (C=O) groups excluding carboxylic acids is 2. The maximum Gasteiger partial charge on any atom is 0.302 e. The molecule has 0 rings (SSSR count). The third-order valence-electron chi connectivity index (χ3n) is 3.32. The lowest BCUT2D eigenvalue weighted by molar-refractivity contribution is -0.160. The molecule has 0 aliphatic heterocycles. The molecule has 23 heavy (non-hydrogen) atoms. The van der Waals surface area contributed by atoms with E-state index in [9.17, 15) is 30.0 Å². The second kappa shape index (κ2) is 10.5. The quantitative estimate of drug-likeness (QED) is 0.299. The molecule has 0 aromatic heterocycles. The Labute approximate surface area is 134 Å². The summed E-state index contributed by atoms with van der Waals surface area (Å²) in [6.45, 7) is -0.443. The van der Waals surface area contributed by atoms with Crippen LogP contribution in [0.1, 0.15) is 13.8 Å². The lowest BCUT2D eigenvalue weighted by Crippen LogP contribution is -2.44. The molecule has 0 unspecified atom stereocenters. The van der Waals surface area contributed by atoms with E-state index in [0.29, 0.717) is 0 Å². The van der Waals surface area contributed by atoms with Crippen molar-refractivity contribution in [3.63, 3.8) is 0 Å². The predicted octanol–water partition coefficient (Wildman–Crippen LogP) is -1.93. The van der Waals surface area contributed by atoms with Crippen LogP contribution in [-0.4, -0.2) is 85.2 Å². The topological polar surface area (TPSA) is 143 Å². The zero-order valence-electron chi connectivity index (χ0n) is 13.5. The molecule has 0 amide bonds. The van der Waals surface area contributed by atoms with Crippen LogP contribution >= 0.6 is 0 Å². The van der Waals surface area contributed by atoms with Crippen molar-refractivity contribution in [3.05, 3.63) is 0 Å². The lowest BCUT2D eigenvalue weighted by atomic mass is 9.90. The molecule has 0 aromatic rings. The smallest absolute Gasteiger partial charge is 0.302 e. The second-order valence-electron chi connectivity index (χ2n) is 5.69. The van der Waals surface area contributed by atoms with Crippen molar-refractivity contribution in [2.45, 2.75) is 13.8 Å². The zero-order chi connectivity index (χ0) is 17.9. The fourth-order valence-corrected chi connectivity index (χ4v) is 1.54. The van der Waals surface area contributed by atoms with Gasteiger partial charge >= 0.3 is 11.9 Å². The van der Waals surface area contributed by atoms with Crippen molar-refractivity contribution in [2.75, 3.05) is 52.9 Å². The number of esters is 2. The van der Waals surface area contributed by atoms with E-state index < -0.39 is 49.2 Å². The molecule has 0 saturated carbocycles. The van der Waals surface area contributed by atoms with Gasteiger partial charge in [0.15, 0.2) is 0 Å². The van der Waals surface area contributed by atoms with Crippen molar-refractivity contribution in [3.8, 4) is 0 Å². The van der Waals surface area contributed by atoms with Gasteiger partial charge in [-0.05, 0) is 0 Å². The Morgan fingerprint density at radius 1 is 0.696 bits per heavy atom. The van der Waals surface area contributed by atoms with Crippen LogP contribution in [0.4, 0.5) is 0 Å². The molecule has 0 bridgehead atoms. The summed E-state index contributed by atoms with van der Waals surface area (Å²) in [7, 11) is 0. The van der Waals surface area contributed by atoms with Gasteiger partial charge in [-0.15, -0.1) is 0 Å². The maximum absolute atomic E-state index is 11.0. The molecule has 9 nitrogen and oxygen atoms in total. The minimum atomic E-state index is -1.23. The van der Waals surface area contributed by atoms with Gasteiger partial charge in [0.25, 0.3) is 0 Å². The Balaban J connectivity index is 4.84. The number of rotatable bonds is 12. The van der Waals surface area contributed by atoms with Crippen LogP contribution in [0.15, 0.2) is 0 Å². The molecule has 0 heterocycles. The summed E-state index contributed by atoms with van der Waals surface area (Å²) in [6.07, 6.45) is 0. The number of carbonyl (C=O) groups is 2. The van der Waals surface area contributed by atoms with E-state index >= 15 is 0 Å². The van der Waals surface area contributed by atoms with E-state index in [1.165, 1.54) is 13.8 Å². The Hall–Kier alpha value is -1.26. The van der Waals surface area contributed by atoms with Crippen molar-refractivity contribution in [2.24, 2.45) is 10.8 Å². The molecule has 0 aromatic carbocycles. The summed E-state index contributed by atoms with van der Waals surface area (Å²) in [4.78, 5) is 21.9. The van der Waals surface area contributed by atoms with Crippen LogP contribution in [0.5, 0.6) is 0 Å². The minimum Gasteiger partial charge on any atom is -0.465 e. The van der Waals surface area contributed by atoms with E-state index in [1.54, 1.807) is 0 Å². The summed E-state index contributed by atoms with van der Waals surface area (Å²) in [5.74, 6) is -1.14. The Morgan fingerprint density at radius 3 is 1.35 bits per heavy atom. The van der Waals surface area contributed by atoms with E-state index in [2.05, 4.69) is 0 Å². The normalized spacial score (nSPS) is 12.1. The summed E-state index contributed by atoms with van der Waals surface area (Å²) >= 11 is 0. The van der Waals surface area contributed by atoms with Gasteiger partial charge in [0, 0.05) is 13.8 Å². The average molecular weight is 338 g/mol. The zero-order valence-corrected chi connectivity index (χ0v) is 13.5. The second-order valence-corrected chi connectivity index (χ2v) is 5.69. The van der Waals surface area contributed by atoms with E-state index in [4.69, 9.17) is 14.2 Å². The maximum atomic E-state index is 11.0. The van der Waals surface area contributed by atoms with Crippen LogP contribution in [-0.2, 0) is 23.8 Å². The van der Waals surface area contributed by atoms with Crippen LogP contribution in [0.3, 0.4) is 0 Å². The average Bonchev–Trinajstić information content (AvgIpc) is 2.54. The van der Waals surface area contributed by atoms with Crippen LogP contribution in [0, 0.1) is 10.8 Å². The van der Waals surface area contributed by atoms with Gasteiger partial charge in [-0.2, -0.15) is 0 Å². The van der Waals surface area contributed by atoms with Crippen molar-refractivity contribution < 1.29 is 44.2 Å². The number of hydrogen-bond acceptors (Lipinski definition) is 9. The fourth-order valence-electron chi connectivity index (χ4n) is 1.54. The first kappa shape index (κ1) is 21.7. The first-order valence-corrected chi connectivity index (χ1v) is 7.06. The summed E-state index contributed by atoms with van der Waals surface area (Å²) < 4.78 is 15.1. The molecule has 0 fully saturated rings. The van der Waals surface area contributed by atoms with Gasteiger partial charge in [0.05, 0.1) is 50.5 Å². The van der Waals surface area contributed by atoms with E-state index in [1.807, 2.05) is 0 Å². The molecule has 0 atom stereocenters. The number of hydrogen-bond donors (Lipinski definition) is 4. The Morgan fingerprint density at radius 2 is 1.04 bits per heavy atom. The molecule has 0 aliphatic rings. The molecule has 136 valence electrons. The van der Waals surface area contributed by atoms with Gasteiger partial charge in [-0.3, -0.25) is 9.59 Å². The van der Waals surface area contributed by atoms with Crippen molar-refractivity contribution >= 4 is 11.9 Å². The van der Waals surface area contributed by atoms with Crippen LogP contribution in [0.2, 0.25) is 0 Å². The van der Waals surface area contributed by atoms with Gasteiger partial charge in [-0.1, -0.05) is 0 Å². The standard InChI is InChI=1S/C14H26O9/c1-11(19)22-9-14(6-18,10-23-12(2)20)8-21-7-13(3-15,4-16)5-17/h15-18H,3-10H2,1-2H3. The highest BCUT2D eigenvalue weighted by Gasteiger charge is 2.35. The molecule has 0 aliphatic carbocycles. The van der Waals surface area contributed by atoms with E-state index in [0.717, 1.165) is 0 Å². The third kappa shape index (κ3) is 7.71. The molecule has 0 spiro atoms. The molecule has 0 saturated heterocycles. The van der Waals surface area contributed by atoms with E-state index in [-0.39, 0.29) is 26.4 Å². The number of aliphatic hydroxyl groups is 4. The predicted molar refractivity (Wildman–Crippen MR) is 77.3 cm³/mol. The fraction of sp³-hybridized carbons (Fsp3) is 0.857. The number of aliphatic hydroxyl groups excluding tert-OH is 4. The van der Waals surface area contributed by atoms with Crippen molar-refractivity contribution in [1.82, 2.24) is 0 Å². The third-order valence-corrected chi connectivity index (χ3v) is 3.32. The minimum absolute atomic E-state index is 0.175. The molecular formula is C14H26O9. The van der Waals surface area contributed by atoms with Gasteiger partial charge in [-0.25, -0.2) is 0 Å². The largest absolute Gasteiger partial charge is 0.465 e. The van der Waals surface area contributed by atoms with Gasteiger partial charge in [0.1, 0.15) is 13.2 Å². The van der Waals surface area contributed by atoms with Crippen LogP contribution < -0.4 is 0 Å². The van der Waals surface area contributed by atoms with Gasteiger partial charge < -0.3 is 34.6 Å². The summed E-state index contributed by atoms with van der Waals surface area (Å²) in [6, 6.07) is 0. The molecule has 0 radical (unpaired) electrons. The lowest BCUT2D eigenvalue weighted by Gasteiger charge is -2.33. The molecule has 4 N–H and O–H groups in total. The first-order valence-electron chi connectivity index (χ1n) is 7.06. The first-order chi connectivity index (χ1) is 10.8. The van der Waals surface area contributed by atoms with Crippen LogP contribution in [0.25, 0.3) is 0 Å². The molecular weight excluding hydrogens is 312 g/mol. The monoisotopic (exact) mass is 338 g/mol. The Bertz CT molecular complexity index is 339. The molecule has 9 heteroatoms. The summed E-state index contributed by atoms with van der Waals surface area (Å²) in [5, 5.41) is 37.3. The highest BCUT2D eigenvalue weighted by Crippen LogP contribution is 2.22. The SMILES string of the molecule is CC(=O)OCC(CO)(COCC(CO)(CO)CO)COC(C)=O. The number of ether oxygens (including phenoxy) is 3. The highest BCUT2D eigenvalue weighted by atomic mass is 16.6. The van der Waals surface area contributed by atoms with Gasteiger partial charge in [0.2, 0.25) is 0 Å². The van der Waals surface area contributed by atoms with Crippen molar-refractivity contribution in [1.29, 1.82) is 0 Å².